The molecule has 4 rings (SSSR count). The molecule has 9 heteroatoms. The molecule has 0 unspecified atom stereocenters. The first-order valence-corrected chi connectivity index (χ1v) is 10.3. The number of methoxy groups -OCH3 is 2. The van der Waals surface area contributed by atoms with Crippen molar-refractivity contribution in [3.05, 3.63) is 24.4 Å². The van der Waals surface area contributed by atoms with Crippen molar-refractivity contribution >= 4 is 29.2 Å². The van der Waals surface area contributed by atoms with Gasteiger partial charge < -0.3 is 14.8 Å². The van der Waals surface area contributed by atoms with Crippen LogP contribution in [-0.2, 0) is 0 Å². The van der Waals surface area contributed by atoms with Gasteiger partial charge in [-0.15, -0.1) is 0 Å². The highest BCUT2D eigenvalue weighted by Gasteiger charge is 2.39. The molecular weight excluding hydrogens is 384 g/mol. The Morgan fingerprint density at radius 2 is 1.83 bits per heavy atom. The number of carbonyl (C=O) groups excluding carboxylic acids is 1. The van der Waals surface area contributed by atoms with Crippen molar-refractivity contribution in [2.24, 2.45) is 0 Å². The topological polar surface area (TPSA) is 83.1 Å². The minimum absolute atomic E-state index is 0.0624. The van der Waals surface area contributed by atoms with Crippen LogP contribution in [0.25, 0.3) is 0 Å². The van der Waals surface area contributed by atoms with Crippen LogP contribution >= 0.6 is 0 Å². The van der Waals surface area contributed by atoms with E-state index in [2.05, 4.69) is 15.3 Å². The van der Waals surface area contributed by atoms with E-state index in [4.69, 9.17) is 14.5 Å². The van der Waals surface area contributed by atoms with Gasteiger partial charge in [-0.3, -0.25) is 9.91 Å². The first-order chi connectivity index (χ1) is 14.6. The molecule has 2 aliphatic rings. The minimum Gasteiger partial charge on any atom is -0.494 e. The van der Waals surface area contributed by atoms with Crippen LogP contribution in [0, 0.1) is 0 Å². The number of urea groups is 1. The fourth-order valence-corrected chi connectivity index (χ4v) is 4.21. The molecule has 1 saturated carbocycles. The minimum atomic E-state index is -0.0624. The van der Waals surface area contributed by atoms with Crippen LogP contribution in [0.2, 0.25) is 0 Å². The van der Waals surface area contributed by atoms with Crippen LogP contribution < -0.4 is 24.7 Å². The molecule has 2 aromatic rings. The number of para-hydroxylation sites is 1. The molecule has 0 spiro atoms. The lowest BCUT2D eigenvalue weighted by Crippen LogP contribution is -2.59. The Hall–Kier alpha value is -3.23. The molecular formula is C21H28N6O3. The van der Waals surface area contributed by atoms with Crippen LogP contribution in [0.4, 0.5) is 27.9 Å². The van der Waals surface area contributed by atoms with Crippen molar-refractivity contribution in [3.63, 3.8) is 0 Å². The molecule has 2 amide bonds. The Kier molecular flexibility index (Phi) is 5.52. The standard InChI is InChI=1S/C21H28N6O3/c1-5-26-21(28)25(2)15-13-22-20(24-19(15)27(26)14-9-6-7-10-14)23-18-16(29-3)11-8-12-17(18)30-4/h8,11-14H,5-7,9-10H2,1-4H3,(H,22,23,24). The van der Waals surface area contributed by atoms with Gasteiger partial charge in [0.2, 0.25) is 5.95 Å². The van der Waals surface area contributed by atoms with Gasteiger partial charge in [0.15, 0.2) is 5.82 Å². The molecule has 1 aliphatic heterocycles. The third kappa shape index (κ3) is 3.34. The summed E-state index contributed by atoms with van der Waals surface area (Å²) < 4.78 is 10.9. The number of hydrogen-bond acceptors (Lipinski definition) is 7. The Morgan fingerprint density at radius 1 is 1.17 bits per heavy atom. The second-order valence-electron chi connectivity index (χ2n) is 7.41. The fourth-order valence-electron chi connectivity index (χ4n) is 4.21. The van der Waals surface area contributed by atoms with Crippen molar-refractivity contribution in [2.75, 3.05) is 43.0 Å². The van der Waals surface area contributed by atoms with E-state index in [0.29, 0.717) is 35.4 Å². The molecule has 2 heterocycles. The maximum atomic E-state index is 12.9. The number of fused-ring (bicyclic) bond motifs is 1. The lowest BCUT2D eigenvalue weighted by molar-refractivity contribution is 0.191. The number of hydrogen-bond donors (Lipinski definition) is 1. The molecule has 1 aliphatic carbocycles. The second kappa shape index (κ2) is 8.25. The Morgan fingerprint density at radius 3 is 2.43 bits per heavy atom. The Labute approximate surface area is 176 Å². The van der Waals surface area contributed by atoms with Gasteiger partial charge in [0, 0.05) is 13.6 Å². The smallest absolute Gasteiger partial charge is 0.343 e. The van der Waals surface area contributed by atoms with Crippen molar-refractivity contribution in [1.29, 1.82) is 0 Å². The van der Waals surface area contributed by atoms with Crippen molar-refractivity contribution in [1.82, 2.24) is 15.0 Å². The normalized spacial score (nSPS) is 16.7. The first kappa shape index (κ1) is 20.1. The SMILES string of the molecule is CCN1C(=O)N(C)c2cnc(Nc3c(OC)cccc3OC)nc2N1C1CCCC1. The van der Waals surface area contributed by atoms with Gasteiger partial charge >= 0.3 is 6.03 Å². The highest BCUT2D eigenvalue weighted by Crippen LogP contribution is 2.40. The lowest BCUT2D eigenvalue weighted by atomic mass is 10.2. The molecule has 1 N–H and O–H groups in total. The van der Waals surface area contributed by atoms with Gasteiger partial charge in [0.1, 0.15) is 22.9 Å². The first-order valence-electron chi connectivity index (χ1n) is 10.3. The number of anilines is 4. The highest BCUT2D eigenvalue weighted by molar-refractivity contribution is 5.98. The van der Waals surface area contributed by atoms with Gasteiger partial charge in [0.25, 0.3) is 0 Å². The number of aromatic nitrogens is 2. The number of rotatable bonds is 6. The monoisotopic (exact) mass is 412 g/mol. The van der Waals surface area contributed by atoms with E-state index in [1.54, 1.807) is 37.4 Å². The number of ether oxygens (including phenoxy) is 2. The zero-order valence-electron chi connectivity index (χ0n) is 17.9. The number of nitrogens with one attached hydrogen (secondary N) is 1. The van der Waals surface area contributed by atoms with Gasteiger partial charge in [-0.25, -0.2) is 14.8 Å². The quantitative estimate of drug-likeness (QED) is 0.773. The fraction of sp³-hybridized carbons (Fsp3) is 0.476. The molecule has 0 saturated heterocycles. The molecule has 1 aromatic heterocycles. The molecule has 9 nitrogen and oxygen atoms in total. The Balaban J connectivity index is 1.76. The van der Waals surface area contributed by atoms with E-state index in [1.165, 1.54) is 0 Å². The van der Waals surface area contributed by atoms with Gasteiger partial charge in [-0.2, -0.15) is 4.98 Å². The van der Waals surface area contributed by atoms with Gasteiger partial charge in [-0.05, 0) is 31.9 Å². The molecule has 30 heavy (non-hydrogen) atoms. The third-order valence-electron chi connectivity index (χ3n) is 5.73. The average Bonchev–Trinajstić information content (AvgIpc) is 3.30. The zero-order chi connectivity index (χ0) is 21.3. The third-order valence-corrected chi connectivity index (χ3v) is 5.73. The van der Waals surface area contributed by atoms with E-state index >= 15 is 0 Å². The van der Waals surface area contributed by atoms with Gasteiger partial charge in [-0.1, -0.05) is 18.9 Å². The Bertz CT molecular complexity index is 909. The van der Waals surface area contributed by atoms with Crippen LogP contribution in [-0.4, -0.2) is 54.9 Å². The average molecular weight is 412 g/mol. The molecule has 1 fully saturated rings. The van der Waals surface area contributed by atoms with Crippen LogP contribution in [0.1, 0.15) is 32.6 Å². The van der Waals surface area contributed by atoms with Crippen LogP contribution in [0.5, 0.6) is 11.5 Å². The van der Waals surface area contributed by atoms with Crippen LogP contribution in [0.15, 0.2) is 24.4 Å². The molecule has 0 radical (unpaired) electrons. The maximum absolute atomic E-state index is 12.9. The summed E-state index contributed by atoms with van der Waals surface area (Å²) >= 11 is 0. The molecule has 0 atom stereocenters. The van der Waals surface area contributed by atoms with E-state index in [0.717, 1.165) is 31.5 Å². The van der Waals surface area contributed by atoms with E-state index in [9.17, 15) is 4.79 Å². The summed E-state index contributed by atoms with van der Waals surface area (Å²) in [4.78, 5) is 23.8. The van der Waals surface area contributed by atoms with Crippen LogP contribution in [0.3, 0.4) is 0 Å². The number of nitrogens with zero attached hydrogens (tertiary/aromatic N) is 5. The lowest BCUT2D eigenvalue weighted by Gasteiger charge is -2.45. The molecule has 0 bridgehead atoms. The number of carbonyl (C=O) groups is 1. The van der Waals surface area contributed by atoms with E-state index in [-0.39, 0.29) is 12.1 Å². The summed E-state index contributed by atoms with van der Waals surface area (Å²) in [6, 6.07) is 5.74. The van der Waals surface area contributed by atoms with Crippen molar-refractivity contribution in [3.8, 4) is 11.5 Å². The summed E-state index contributed by atoms with van der Waals surface area (Å²) in [5.74, 6) is 2.41. The molecule has 1 aromatic carbocycles. The summed E-state index contributed by atoms with van der Waals surface area (Å²) in [6.07, 6.45) is 6.10. The summed E-state index contributed by atoms with van der Waals surface area (Å²) in [5.41, 5.74) is 1.36. The largest absolute Gasteiger partial charge is 0.494 e. The predicted molar refractivity (Wildman–Crippen MR) is 116 cm³/mol. The number of hydrazine groups is 1. The van der Waals surface area contributed by atoms with Crippen molar-refractivity contribution < 1.29 is 14.3 Å². The van der Waals surface area contributed by atoms with E-state index < -0.39 is 0 Å². The molecule has 160 valence electrons. The summed E-state index contributed by atoms with van der Waals surface area (Å²) in [7, 11) is 4.97. The highest BCUT2D eigenvalue weighted by atomic mass is 16.5. The maximum Gasteiger partial charge on any atom is 0.343 e. The number of amides is 2. The van der Waals surface area contributed by atoms with Crippen molar-refractivity contribution in [2.45, 2.75) is 38.6 Å². The predicted octanol–water partition coefficient (Wildman–Crippen LogP) is 3.79. The summed E-state index contributed by atoms with van der Waals surface area (Å²) in [6.45, 7) is 2.56. The van der Waals surface area contributed by atoms with Gasteiger partial charge in [0.05, 0.1) is 26.5 Å². The zero-order valence-corrected chi connectivity index (χ0v) is 17.9. The summed E-state index contributed by atoms with van der Waals surface area (Å²) in [5, 5.41) is 7.09. The van der Waals surface area contributed by atoms with E-state index in [1.807, 2.05) is 25.1 Å². The second-order valence-corrected chi connectivity index (χ2v) is 7.41. The number of benzene rings is 1.